The van der Waals surface area contributed by atoms with Crippen molar-refractivity contribution in [2.75, 3.05) is 0 Å². The van der Waals surface area contributed by atoms with Crippen molar-refractivity contribution in [3.63, 3.8) is 0 Å². The van der Waals surface area contributed by atoms with Gasteiger partial charge in [-0.15, -0.1) is 6.58 Å². The van der Waals surface area contributed by atoms with Crippen LogP contribution in [-0.4, -0.2) is 27.9 Å². The van der Waals surface area contributed by atoms with Gasteiger partial charge in [-0.05, 0) is 18.4 Å². The SMILES string of the molecule is C=CCCC(NC(=O)Cc1ccc([N+](=O)[O-])cc1Cl)C(=O)O. The maximum absolute atomic E-state index is 11.9. The molecule has 0 heterocycles. The molecule has 0 saturated heterocycles. The van der Waals surface area contributed by atoms with Crippen LogP contribution in [0.25, 0.3) is 0 Å². The van der Waals surface area contributed by atoms with Gasteiger partial charge in [0.15, 0.2) is 0 Å². The second kappa shape index (κ2) is 8.14. The van der Waals surface area contributed by atoms with Crippen LogP contribution in [-0.2, 0) is 16.0 Å². The van der Waals surface area contributed by atoms with Gasteiger partial charge in [-0.1, -0.05) is 23.7 Å². The van der Waals surface area contributed by atoms with Crippen molar-refractivity contribution in [1.29, 1.82) is 0 Å². The first kappa shape index (κ1) is 17.6. The number of nitrogens with one attached hydrogen (secondary N) is 1. The first-order chi connectivity index (χ1) is 10.3. The summed E-state index contributed by atoms with van der Waals surface area (Å²) in [6.07, 6.45) is 2.10. The number of rotatable bonds is 8. The smallest absolute Gasteiger partial charge is 0.326 e. The van der Waals surface area contributed by atoms with E-state index in [1.807, 2.05) is 0 Å². The van der Waals surface area contributed by atoms with Gasteiger partial charge in [0, 0.05) is 12.1 Å². The Balaban J connectivity index is 2.73. The minimum Gasteiger partial charge on any atom is -0.480 e. The van der Waals surface area contributed by atoms with E-state index in [9.17, 15) is 19.7 Å². The van der Waals surface area contributed by atoms with Gasteiger partial charge in [0.2, 0.25) is 5.91 Å². The molecule has 1 aromatic carbocycles. The first-order valence-corrected chi connectivity index (χ1v) is 6.78. The highest BCUT2D eigenvalue weighted by Crippen LogP contribution is 2.22. The van der Waals surface area contributed by atoms with Gasteiger partial charge in [0.1, 0.15) is 6.04 Å². The van der Waals surface area contributed by atoms with Gasteiger partial charge in [0.05, 0.1) is 16.4 Å². The summed E-state index contributed by atoms with van der Waals surface area (Å²) >= 11 is 5.89. The van der Waals surface area contributed by atoms with Crippen LogP contribution in [0, 0.1) is 10.1 Å². The standard InChI is InChI=1S/C14H15ClN2O5/c1-2-3-4-12(14(19)20)16-13(18)7-9-5-6-10(17(21)22)8-11(9)15/h2,5-6,8,12H,1,3-4,7H2,(H,16,18)(H,19,20). The summed E-state index contributed by atoms with van der Waals surface area (Å²) in [6.45, 7) is 3.49. The van der Waals surface area contributed by atoms with Crippen LogP contribution in [0.5, 0.6) is 0 Å². The van der Waals surface area contributed by atoms with Gasteiger partial charge in [-0.25, -0.2) is 4.79 Å². The zero-order chi connectivity index (χ0) is 16.7. The number of non-ortho nitro benzene ring substituents is 1. The predicted octanol–water partition coefficient (Wildman–Crippen LogP) is 2.33. The lowest BCUT2D eigenvalue weighted by molar-refractivity contribution is -0.384. The van der Waals surface area contributed by atoms with E-state index in [4.69, 9.17) is 16.7 Å². The fraction of sp³-hybridized carbons (Fsp3) is 0.286. The van der Waals surface area contributed by atoms with E-state index < -0.39 is 22.8 Å². The summed E-state index contributed by atoms with van der Waals surface area (Å²) in [4.78, 5) is 32.9. The number of allylic oxidation sites excluding steroid dienone is 1. The van der Waals surface area contributed by atoms with Gasteiger partial charge in [-0.3, -0.25) is 14.9 Å². The number of carbonyl (C=O) groups excluding carboxylic acids is 1. The molecule has 0 aliphatic rings. The molecule has 7 nitrogen and oxygen atoms in total. The van der Waals surface area contributed by atoms with Crippen LogP contribution in [0.4, 0.5) is 5.69 Å². The van der Waals surface area contributed by atoms with Gasteiger partial charge in [-0.2, -0.15) is 0 Å². The summed E-state index contributed by atoms with van der Waals surface area (Å²) in [6, 6.07) is 2.75. The molecule has 0 fully saturated rings. The molecule has 0 radical (unpaired) electrons. The average Bonchev–Trinajstić information content (AvgIpc) is 2.45. The van der Waals surface area contributed by atoms with Crippen molar-refractivity contribution in [2.45, 2.75) is 25.3 Å². The van der Waals surface area contributed by atoms with E-state index in [0.29, 0.717) is 12.0 Å². The Labute approximate surface area is 131 Å². The number of carboxylic acids is 1. The Morgan fingerprint density at radius 2 is 2.18 bits per heavy atom. The Kier molecular flexibility index (Phi) is 6.52. The highest BCUT2D eigenvalue weighted by molar-refractivity contribution is 6.31. The number of benzene rings is 1. The summed E-state index contributed by atoms with van der Waals surface area (Å²) in [5, 5.41) is 22.1. The van der Waals surface area contributed by atoms with Crippen molar-refractivity contribution < 1.29 is 19.6 Å². The maximum atomic E-state index is 11.9. The second-order valence-corrected chi connectivity index (χ2v) is 4.94. The lowest BCUT2D eigenvalue weighted by Gasteiger charge is -2.14. The van der Waals surface area contributed by atoms with Crippen LogP contribution in [0.1, 0.15) is 18.4 Å². The maximum Gasteiger partial charge on any atom is 0.326 e. The molecule has 2 N–H and O–H groups in total. The van der Waals surface area contributed by atoms with Crippen molar-refractivity contribution in [2.24, 2.45) is 0 Å². The molecular weight excluding hydrogens is 312 g/mol. The molecule has 0 aromatic heterocycles. The molecule has 1 aromatic rings. The quantitative estimate of drug-likeness (QED) is 0.433. The third kappa shape index (κ3) is 5.17. The number of halogens is 1. The van der Waals surface area contributed by atoms with Crippen LogP contribution in [0.2, 0.25) is 5.02 Å². The van der Waals surface area contributed by atoms with Crippen molar-refractivity contribution in [3.05, 3.63) is 51.6 Å². The Morgan fingerprint density at radius 1 is 1.50 bits per heavy atom. The number of hydrogen-bond acceptors (Lipinski definition) is 4. The lowest BCUT2D eigenvalue weighted by Crippen LogP contribution is -2.41. The molecule has 0 spiro atoms. The molecular formula is C14H15ClN2O5. The number of nitrogens with zero attached hydrogens (tertiary/aromatic N) is 1. The monoisotopic (exact) mass is 326 g/mol. The number of nitro groups is 1. The zero-order valence-corrected chi connectivity index (χ0v) is 12.4. The molecule has 118 valence electrons. The predicted molar refractivity (Wildman–Crippen MR) is 80.8 cm³/mol. The molecule has 1 unspecified atom stereocenters. The van der Waals surface area contributed by atoms with E-state index in [1.54, 1.807) is 6.08 Å². The highest BCUT2D eigenvalue weighted by atomic mass is 35.5. The topological polar surface area (TPSA) is 110 Å². The third-order valence-corrected chi connectivity index (χ3v) is 3.24. The number of amides is 1. The molecule has 0 saturated carbocycles. The van der Waals surface area contributed by atoms with Gasteiger partial charge in [0.25, 0.3) is 5.69 Å². The molecule has 1 atom stereocenters. The van der Waals surface area contributed by atoms with E-state index >= 15 is 0 Å². The fourth-order valence-corrected chi connectivity index (χ4v) is 1.99. The Hall–Kier alpha value is -2.41. The van der Waals surface area contributed by atoms with Crippen LogP contribution in [0.3, 0.4) is 0 Å². The Morgan fingerprint density at radius 3 is 2.68 bits per heavy atom. The molecule has 22 heavy (non-hydrogen) atoms. The van der Waals surface area contributed by atoms with E-state index in [-0.39, 0.29) is 23.6 Å². The minimum atomic E-state index is -1.13. The first-order valence-electron chi connectivity index (χ1n) is 6.41. The van der Waals surface area contributed by atoms with E-state index in [1.165, 1.54) is 12.1 Å². The lowest BCUT2D eigenvalue weighted by atomic mass is 10.1. The zero-order valence-electron chi connectivity index (χ0n) is 11.6. The van der Waals surface area contributed by atoms with E-state index in [0.717, 1.165) is 6.07 Å². The van der Waals surface area contributed by atoms with Crippen LogP contribution >= 0.6 is 11.6 Å². The highest BCUT2D eigenvalue weighted by Gasteiger charge is 2.20. The minimum absolute atomic E-state index is 0.0855. The van der Waals surface area contributed by atoms with Crippen LogP contribution < -0.4 is 5.32 Å². The van der Waals surface area contributed by atoms with Crippen molar-refractivity contribution >= 4 is 29.2 Å². The number of nitro benzene ring substituents is 1. The number of aliphatic carboxylic acids is 1. The summed E-state index contributed by atoms with van der Waals surface area (Å²) in [5.74, 6) is -1.66. The van der Waals surface area contributed by atoms with Gasteiger partial charge >= 0.3 is 5.97 Å². The summed E-state index contributed by atoms with van der Waals surface area (Å²) in [5.41, 5.74) is 0.209. The summed E-state index contributed by atoms with van der Waals surface area (Å²) in [7, 11) is 0. The van der Waals surface area contributed by atoms with Gasteiger partial charge < -0.3 is 10.4 Å². The van der Waals surface area contributed by atoms with Crippen molar-refractivity contribution in [3.8, 4) is 0 Å². The summed E-state index contributed by atoms with van der Waals surface area (Å²) < 4.78 is 0. The molecule has 8 heteroatoms. The molecule has 1 rings (SSSR count). The number of carboxylic acid groups (broad SMARTS) is 1. The Bertz CT molecular complexity index is 603. The molecule has 0 aliphatic heterocycles. The number of hydrogen-bond donors (Lipinski definition) is 2. The number of carbonyl (C=O) groups is 2. The largest absolute Gasteiger partial charge is 0.480 e. The molecule has 0 bridgehead atoms. The van der Waals surface area contributed by atoms with E-state index in [2.05, 4.69) is 11.9 Å². The average molecular weight is 327 g/mol. The molecule has 1 amide bonds. The second-order valence-electron chi connectivity index (χ2n) is 4.53. The van der Waals surface area contributed by atoms with Crippen molar-refractivity contribution in [1.82, 2.24) is 5.32 Å². The fourth-order valence-electron chi connectivity index (χ4n) is 1.75. The van der Waals surface area contributed by atoms with Crippen LogP contribution in [0.15, 0.2) is 30.9 Å². The normalized spacial score (nSPS) is 11.5. The molecule has 0 aliphatic carbocycles. The third-order valence-electron chi connectivity index (χ3n) is 2.89.